The summed E-state index contributed by atoms with van der Waals surface area (Å²) in [7, 11) is 0. The van der Waals surface area contributed by atoms with Crippen LogP contribution in [0, 0.1) is 0 Å². The van der Waals surface area contributed by atoms with Crippen LogP contribution in [-0.2, 0) is 4.79 Å². The number of benzene rings is 1. The van der Waals surface area contributed by atoms with Gasteiger partial charge in [0.15, 0.2) is 0 Å². The summed E-state index contributed by atoms with van der Waals surface area (Å²) in [6.07, 6.45) is 0.623. The topological polar surface area (TPSA) is 56.0 Å². The van der Waals surface area contributed by atoms with Crippen molar-refractivity contribution in [1.29, 1.82) is 0 Å². The number of Topliss-reactive ketones (excluding diaryl/α,β-unsaturated/α-hetero) is 1. The minimum Gasteiger partial charge on any atom is -0.338 e. The van der Waals surface area contributed by atoms with Gasteiger partial charge in [0, 0.05) is 5.56 Å². The van der Waals surface area contributed by atoms with Gasteiger partial charge in [0.05, 0.1) is 16.0 Å². The lowest BCUT2D eigenvalue weighted by Crippen LogP contribution is -2.07. The Morgan fingerprint density at radius 3 is 2.68 bits per heavy atom. The molecular formula is C13H12Cl2N2O2. The molecule has 0 saturated carbocycles. The van der Waals surface area contributed by atoms with Crippen molar-refractivity contribution in [1.82, 2.24) is 10.1 Å². The van der Waals surface area contributed by atoms with Gasteiger partial charge in [0.25, 0.3) is 0 Å². The minimum atomic E-state index is -0.357. The summed E-state index contributed by atoms with van der Waals surface area (Å²) in [5.41, 5.74) is 0.697. The summed E-state index contributed by atoms with van der Waals surface area (Å²) in [6, 6.07) is 5.07. The van der Waals surface area contributed by atoms with Gasteiger partial charge in [-0.3, -0.25) is 4.79 Å². The first-order valence-electron chi connectivity index (χ1n) is 5.82. The Hall–Kier alpha value is -1.39. The molecule has 2 aromatic rings. The lowest BCUT2D eigenvalue weighted by atomic mass is 10.0. The van der Waals surface area contributed by atoms with Crippen LogP contribution in [0.25, 0.3) is 11.4 Å². The Labute approximate surface area is 120 Å². The van der Waals surface area contributed by atoms with Crippen LogP contribution in [0.2, 0.25) is 10.0 Å². The quantitative estimate of drug-likeness (QED) is 0.852. The number of ketones is 1. The van der Waals surface area contributed by atoms with E-state index in [1.54, 1.807) is 18.2 Å². The van der Waals surface area contributed by atoms with Crippen molar-refractivity contribution < 1.29 is 9.32 Å². The maximum Gasteiger partial charge on any atom is 0.237 e. The lowest BCUT2D eigenvalue weighted by molar-refractivity contribution is -0.119. The number of aromatic nitrogens is 2. The van der Waals surface area contributed by atoms with E-state index < -0.39 is 0 Å². The van der Waals surface area contributed by atoms with Gasteiger partial charge in [0.1, 0.15) is 5.78 Å². The third-order valence-electron chi connectivity index (χ3n) is 2.82. The number of hydrogen-bond donors (Lipinski definition) is 0. The molecule has 1 aromatic carbocycles. The molecular weight excluding hydrogens is 287 g/mol. The molecule has 0 aliphatic rings. The molecule has 2 rings (SSSR count). The van der Waals surface area contributed by atoms with E-state index in [1.165, 1.54) is 6.92 Å². The van der Waals surface area contributed by atoms with E-state index in [-0.39, 0.29) is 11.7 Å². The van der Waals surface area contributed by atoms with Gasteiger partial charge in [-0.15, -0.1) is 0 Å². The summed E-state index contributed by atoms with van der Waals surface area (Å²) in [5.74, 6) is 0.375. The Bertz CT molecular complexity index is 610. The number of halogens is 2. The van der Waals surface area contributed by atoms with E-state index in [9.17, 15) is 4.79 Å². The number of rotatable bonds is 4. The number of carbonyl (C=O) groups excluding carboxylic acids is 1. The maximum atomic E-state index is 11.5. The van der Waals surface area contributed by atoms with Crippen molar-refractivity contribution >= 4 is 29.0 Å². The largest absolute Gasteiger partial charge is 0.338 e. The van der Waals surface area contributed by atoms with Crippen molar-refractivity contribution in [3.8, 4) is 11.4 Å². The second-order valence-electron chi connectivity index (χ2n) is 4.16. The first-order valence-corrected chi connectivity index (χ1v) is 6.58. The van der Waals surface area contributed by atoms with Crippen molar-refractivity contribution in [2.75, 3.05) is 0 Å². The average Bonchev–Trinajstić information content (AvgIpc) is 2.82. The molecule has 6 heteroatoms. The summed E-state index contributed by atoms with van der Waals surface area (Å²) in [5, 5.41) is 4.75. The smallest absolute Gasteiger partial charge is 0.237 e. The molecule has 0 N–H and O–H groups in total. The zero-order valence-corrected chi connectivity index (χ0v) is 12.0. The van der Waals surface area contributed by atoms with E-state index in [0.29, 0.717) is 33.7 Å². The molecule has 0 spiro atoms. The molecule has 0 aliphatic heterocycles. The van der Waals surface area contributed by atoms with E-state index in [4.69, 9.17) is 27.7 Å². The normalized spacial score (nSPS) is 12.4. The van der Waals surface area contributed by atoms with Gasteiger partial charge in [0.2, 0.25) is 11.7 Å². The standard InChI is InChI=1S/C13H12Cl2N2O2/c1-3-9(7(2)18)13-16-12(17-19-13)8-4-5-10(14)11(15)6-8/h4-6,9H,3H2,1-2H3. The highest BCUT2D eigenvalue weighted by Gasteiger charge is 2.22. The highest BCUT2D eigenvalue weighted by molar-refractivity contribution is 6.42. The molecule has 0 radical (unpaired) electrons. The zero-order valence-electron chi connectivity index (χ0n) is 10.5. The molecule has 0 amide bonds. The maximum absolute atomic E-state index is 11.5. The minimum absolute atomic E-state index is 0.00633. The molecule has 1 heterocycles. The van der Waals surface area contributed by atoms with Gasteiger partial charge >= 0.3 is 0 Å². The second-order valence-corrected chi connectivity index (χ2v) is 4.97. The van der Waals surface area contributed by atoms with Crippen LogP contribution in [0.3, 0.4) is 0 Å². The summed E-state index contributed by atoms with van der Waals surface area (Å²) in [4.78, 5) is 15.7. The predicted molar refractivity (Wildman–Crippen MR) is 73.5 cm³/mol. The van der Waals surface area contributed by atoms with Crippen molar-refractivity contribution in [2.45, 2.75) is 26.2 Å². The Kier molecular flexibility index (Phi) is 4.22. The fourth-order valence-electron chi connectivity index (χ4n) is 1.77. The second kappa shape index (κ2) is 5.72. The molecule has 1 atom stereocenters. The third-order valence-corrected chi connectivity index (χ3v) is 3.56. The highest BCUT2D eigenvalue weighted by Crippen LogP contribution is 2.28. The SMILES string of the molecule is CCC(C(C)=O)c1nc(-c2ccc(Cl)c(Cl)c2)no1. The van der Waals surface area contributed by atoms with Crippen molar-refractivity contribution in [2.24, 2.45) is 0 Å². The van der Waals surface area contributed by atoms with Crippen molar-refractivity contribution in [3.63, 3.8) is 0 Å². The summed E-state index contributed by atoms with van der Waals surface area (Å²) >= 11 is 11.8. The Balaban J connectivity index is 2.35. The molecule has 0 bridgehead atoms. The van der Waals surface area contributed by atoms with Crippen LogP contribution in [0.5, 0.6) is 0 Å². The molecule has 100 valence electrons. The van der Waals surface area contributed by atoms with E-state index in [1.807, 2.05) is 6.92 Å². The molecule has 0 saturated heterocycles. The van der Waals surface area contributed by atoms with E-state index >= 15 is 0 Å². The highest BCUT2D eigenvalue weighted by atomic mass is 35.5. The lowest BCUT2D eigenvalue weighted by Gasteiger charge is -2.03. The number of nitrogens with zero attached hydrogens (tertiary/aromatic N) is 2. The first-order chi connectivity index (χ1) is 9.02. The first kappa shape index (κ1) is 14.0. The van der Waals surface area contributed by atoms with Crippen LogP contribution in [-0.4, -0.2) is 15.9 Å². The number of hydrogen-bond acceptors (Lipinski definition) is 4. The molecule has 4 nitrogen and oxygen atoms in total. The van der Waals surface area contributed by atoms with Crippen LogP contribution in [0.15, 0.2) is 22.7 Å². The zero-order chi connectivity index (χ0) is 14.0. The fraction of sp³-hybridized carbons (Fsp3) is 0.308. The number of carbonyl (C=O) groups is 1. The van der Waals surface area contributed by atoms with Crippen LogP contribution in [0.4, 0.5) is 0 Å². The average molecular weight is 299 g/mol. The third kappa shape index (κ3) is 2.96. The molecule has 0 aliphatic carbocycles. The molecule has 1 unspecified atom stereocenters. The molecule has 0 fully saturated rings. The monoisotopic (exact) mass is 298 g/mol. The van der Waals surface area contributed by atoms with Gasteiger partial charge in [-0.25, -0.2) is 0 Å². The van der Waals surface area contributed by atoms with Crippen LogP contribution >= 0.6 is 23.2 Å². The van der Waals surface area contributed by atoms with Crippen LogP contribution in [0.1, 0.15) is 32.1 Å². The van der Waals surface area contributed by atoms with E-state index in [0.717, 1.165) is 0 Å². The van der Waals surface area contributed by atoms with Crippen molar-refractivity contribution in [3.05, 3.63) is 34.1 Å². The van der Waals surface area contributed by atoms with Gasteiger partial charge in [-0.2, -0.15) is 4.98 Å². The van der Waals surface area contributed by atoms with E-state index in [2.05, 4.69) is 10.1 Å². The molecule has 19 heavy (non-hydrogen) atoms. The predicted octanol–water partition coefficient (Wildman–Crippen LogP) is 4.13. The van der Waals surface area contributed by atoms with Crippen LogP contribution < -0.4 is 0 Å². The van der Waals surface area contributed by atoms with Gasteiger partial charge < -0.3 is 4.52 Å². The Morgan fingerprint density at radius 1 is 1.37 bits per heavy atom. The summed E-state index contributed by atoms with van der Waals surface area (Å²) < 4.78 is 5.15. The molecule has 1 aromatic heterocycles. The van der Waals surface area contributed by atoms with Gasteiger partial charge in [-0.1, -0.05) is 35.3 Å². The Morgan fingerprint density at radius 2 is 2.11 bits per heavy atom. The fourth-order valence-corrected chi connectivity index (χ4v) is 2.06. The van der Waals surface area contributed by atoms with Gasteiger partial charge in [-0.05, 0) is 31.5 Å². The summed E-state index contributed by atoms with van der Waals surface area (Å²) in [6.45, 7) is 3.41.